The molecule has 1 aliphatic rings. The van der Waals surface area contributed by atoms with Crippen molar-refractivity contribution in [1.82, 2.24) is 25.2 Å². The predicted octanol–water partition coefficient (Wildman–Crippen LogP) is 2.52. The molecule has 2 aromatic heterocycles. The third-order valence-electron chi connectivity index (χ3n) is 4.99. The van der Waals surface area contributed by atoms with Crippen LogP contribution in [-0.4, -0.2) is 65.6 Å². The van der Waals surface area contributed by atoms with Crippen LogP contribution in [0, 0.1) is 0 Å². The van der Waals surface area contributed by atoms with Gasteiger partial charge in [0.05, 0.1) is 16.9 Å². The van der Waals surface area contributed by atoms with Gasteiger partial charge in [0.15, 0.2) is 12.3 Å². The summed E-state index contributed by atoms with van der Waals surface area (Å²) in [4.78, 5) is 25.9. The lowest BCUT2D eigenvalue weighted by molar-refractivity contribution is -0.122. The van der Waals surface area contributed by atoms with Crippen LogP contribution in [0.1, 0.15) is 6.42 Å². The minimum absolute atomic E-state index is 0.0196. The Bertz CT molecular complexity index is 1020. The fourth-order valence-electron chi connectivity index (χ4n) is 3.40. The third-order valence-corrected chi connectivity index (χ3v) is 5.28. The monoisotopic (exact) mass is 414 g/mol. The zero-order valence-corrected chi connectivity index (χ0v) is 17.1. The zero-order chi connectivity index (χ0) is 20.4. The number of anilines is 1. The van der Waals surface area contributed by atoms with Gasteiger partial charge in [-0.1, -0.05) is 11.6 Å². The highest BCUT2D eigenvalue weighted by Crippen LogP contribution is 2.32. The maximum atomic E-state index is 11.3. The second-order valence-electron chi connectivity index (χ2n) is 7.14. The summed E-state index contributed by atoms with van der Waals surface area (Å²) in [6, 6.07) is 7.72. The number of likely N-dealkylation sites (tertiary alicyclic amines) is 1. The van der Waals surface area contributed by atoms with Crippen LogP contribution in [0.2, 0.25) is 5.02 Å². The molecule has 3 N–H and O–H groups in total. The fraction of sp³-hybridized carbons (Fsp3) is 0.350. The van der Waals surface area contributed by atoms with Crippen LogP contribution in [0.3, 0.4) is 0 Å². The van der Waals surface area contributed by atoms with Gasteiger partial charge in [-0.2, -0.15) is 0 Å². The van der Waals surface area contributed by atoms with Crippen molar-refractivity contribution in [3.05, 3.63) is 35.5 Å². The molecule has 152 valence electrons. The van der Waals surface area contributed by atoms with Crippen molar-refractivity contribution in [3.63, 3.8) is 0 Å². The standard InChI is InChI=1S/C20H23ClN6O2/c1-22-16(28)11-29-14-5-3-12(4-6-14)19-25-18-17(15(21)9-23-20(18)26-19)24-13-7-8-27(2)10-13/h3-6,9,13H,7-8,10-11H2,1-2H3,(H,22,28)(H2,23,24,25,26). The molecule has 1 aliphatic heterocycles. The molecule has 29 heavy (non-hydrogen) atoms. The Kier molecular flexibility index (Phi) is 5.55. The number of likely N-dealkylation sites (N-methyl/N-ethyl adjacent to an activating group) is 2. The van der Waals surface area contributed by atoms with Crippen LogP contribution < -0.4 is 15.4 Å². The minimum atomic E-state index is -0.178. The first-order valence-electron chi connectivity index (χ1n) is 9.46. The third kappa shape index (κ3) is 4.28. The number of carbonyl (C=O) groups is 1. The normalized spacial score (nSPS) is 16.9. The average molecular weight is 415 g/mol. The zero-order valence-electron chi connectivity index (χ0n) is 16.3. The number of nitrogens with one attached hydrogen (secondary N) is 3. The van der Waals surface area contributed by atoms with Crippen LogP contribution >= 0.6 is 11.6 Å². The number of ether oxygens (including phenoxy) is 1. The van der Waals surface area contributed by atoms with E-state index in [1.54, 1.807) is 25.4 Å². The molecule has 0 saturated carbocycles. The van der Waals surface area contributed by atoms with Crippen LogP contribution in [0.5, 0.6) is 5.75 Å². The number of hydrogen-bond acceptors (Lipinski definition) is 6. The molecular formula is C20H23ClN6O2. The van der Waals surface area contributed by atoms with E-state index in [0.717, 1.165) is 36.3 Å². The molecule has 1 unspecified atom stereocenters. The van der Waals surface area contributed by atoms with E-state index in [1.165, 1.54) is 0 Å². The number of aromatic amines is 1. The van der Waals surface area contributed by atoms with Crippen molar-refractivity contribution in [3.8, 4) is 17.1 Å². The van der Waals surface area contributed by atoms with Crippen molar-refractivity contribution in [1.29, 1.82) is 0 Å². The molecule has 4 rings (SSSR count). The summed E-state index contributed by atoms with van der Waals surface area (Å²) in [6.45, 7) is 2.01. The van der Waals surface area contributed by atoms with Crippen molar-refractivity contribution in [2.24, 2.45) is 0 Å². The molecule has 3 heterocycles. The van der Waals surface area contributed by atoms with Crippen LogP contribution in [0.15, 0.2) is 30.5 Å². The van der Waals surface area contributed by atoms with Gasteiger partial charge < -0.3 is 25.3 Å². The number of carbonyl (C=O) groups excluding carboxylic acids is 1. The molecule has 1 atom stereocenters. The molecule has 1 aromatic carbocycles. The van der Waals surface area contributed by atoms with Gasteiger partial charge in [0, 0.05) is 25.2 Å². The first-order chi connectivity index (χ1) is 14.0. The number of fused-ring (bicyclic) bond motifs is 1. The molecule has 0 aliphatic carbocycles. The van der Waals surface area contributed by atoms with Gasteiger partial charge in [-0.15, -0.1) is 0 Å². The molecular weight excluding hydrogens is 392 g/mol. The van der Waals surface area contributed by atoms with Gasteiger partial charge in [-0.3, -0.25) is 4.79 Å². The number of nitrogens with zero attached hydrogens (tertiary/aromatic N) is 3. The van der Waals surface area contributed by atoms with Gasteiger partial charge in [0.1, 0.15) is 17.1 Å². The lowest BCUT2D eigenvalue weighted by Crippen LogP contribution is -2.24. The average Bonchev–Trinajstić information content (AvgIpc) is 3.35. The SMILES string of the molecule is CNC(=O)COc1ccc(-c2nc3ncc(Cl)c(NC4CCN(C)C4)c3[nH]2)cc1. The highest BCUT2D eigenvalue weighted by molar-refractivity contribution is 6.34. The minimum Gasteiger partial charge on any atom is -0.484 e. The molecule has 1 amide bonds. The second kappa shape index (κ2) is 8.26. The highest BCUT2D eigenvalue weighted by Gasteiger charge is 2.22. The second-order valence-corrected chi connectivity index (χ2v) is 7.55. The summed E-state index contributed by atoms with van der Waals surface area (Å²) in [7, 11) is 3.69. The van der Waals surface area contributed by atoms with Gasteiger partial charge >= 0.3 is 0 Å². The Labute approximate surface area is 173 Å². The maximum Gasteiger partial charge on any atom is 0.257 e. The van der Waals surface area contributed by atoms with Crippen molar-refractivity contribution in [2.75, 3.05) is 39.1 Å². The Morgan fingerprint density at radius 1 is 1.38 bits per heavy atom. The first kappa shape index (κ1) is 19.5. The Morgan fingerprint density at radius 2 is 2.17 bits per heavy atom. The van der Waals surface area contributed by atoms with Gasteiger partial charge in [0.2, 0.25) is 0 Å². The summed E-state index contributed by atoms with van der Waals surface area (Å²) < 4.78 is 5.44. The van der Waals surface area contributed by atoms with Gasteiger partial charge in [-0.05, 0) is 44.3 Å². The highest BCUT2D eigenvalue weighted by atomic mass is 35.5. The lowest BCUT2D eigenvalue weighted by atomic mass is 10.2. The Morgan fingerprint density at radius 3 is 2.86 bits per heavy atom. The van der Waals surface area contributed by atoms with E-state index in [9.17, 15) is 4.79 Å². The Balaban J connectivity index is 1.57. The topological polar surface area (TPSA) is 95.2 Å². The van der Waals surface area contributed by atoms with E-state index in [0.29, 0.717) is 28.3 Å². The van der Waals surface area contributed by atoms with Crippen LogP contribution in [-0.2, 0) is 4.79 Å². The molecule has 3 aromatic rings. The number of imidazole rings is 1. The summed E-state index contributed by atoms with van der Waals surface area (Å²) in [5.41, 5.74) is 3.12. The predicted molar refractivity (Wildman–Crippen MR) is 113 cm³/mol. The number of amides is 1. The van der Waals surface area contributed by atoms with E-state index in [-0.39, 0.29) is 12.5 Å². The largest absolute Gasteiger partial charge is 0.484 e. The van der Waals surface area contributed by atoms with Crippen molar-refractivity contribution < 1.29 is 9.53 Å². The number of halogens is 1. The summed E-state index contributed by atoms with van der Waals surface area (Å²) >= 11 is 6.43. The molecule has 8 nitrogen and oxygen atoms in total. The molecule has 9 heteroatoms. The number of hydrogen-bond donors (Lipinski definition) is 3. The fourth-order valence-corrected chi connectivity index (χ4v) is 3.60. The molecule has 0 radical (unpaired) electrons. The van der Waals surface area contributed by atoms with E-state index in [2.05, 4.69) is 37.5 Å². The number of rotatable bonds is 6. The van der Waals surface area contributed by atoms with E-state index in [1.807, 2.05) is 12.1 Å². The van der Waals surface area contributed by atoms with Gasteiger partial charge in [0.25, 0.3) is 5.91 Å². The van der Waals surface area contributed by atoms with Gasteiger partial charge in [-0.25, -0.2) is 9.97 Å². The molecule has 0 spiro atoms. The summed E-state index contributed by atoms with van der Waals surface area (Å²) in [6.07, 6.45) is 2.69. The quantitative estimate of drug-likeness (QED) is 0.573. The van der Waals surface area contributed by atoms with Crippen LogP contribution in [0.4, 0.5) is 5.69 Å². The summed E-state index contributed by atoms with van der Waals surface area (Å²) in [5, 5.41) is 6.64. The summed E-state index contributed by atoms with van der Waals surface area (Å²) in [5.74, 6) is 1.13. The first-order valence-corrected chi connectivity index (χ1v) is 9.84. The molecule has 0 bridgehead atoms. The molecule has 1 saturated heterocycles. The lowest BCUT2D eigenvalue weighted by Gasteiger charge is -2.15. The maximum absolute atomic E-state index is 11.3. The van der Waals surface area contributed by atoms with E-state index >= 15 is 0 Å². The number of pyridine rings is 1. The Hall–Kier alpha value is -2.84. The smallest absolute Gasteiger partial charge is 0.257 e. The number of benzene rings is 1. The van der Waals surface area contributed by atoms with Crippen molar-refractivity contribution in [2.45, 2.75) is 12.5 Å². The number of H-pyrrole nitrogens is 1. The van der Waals surface area contributed by atoms with E-state index in [4.69, 9.17) is 16.3 Å². The molecule has 1 fully saturated rings. The van der Waals surface area contributed by atoms with Crippen LogP contribution in [0.25, 0.3) is 22.6 Å². The number of aromatic nitrogens is 3. The van der Waals surface area contributed by atoms with Crippen molar-refractivity contribution >= 4 is 34.4 Å². The van der Waals surface area contributed by atoms with E-state index < -0.39 is 0 Å².